The Labute approximate surface area is 156 Å². The Hall–Kier alpha value is -1.85. The number of benzene rings is 1. The number of anilines is 1. The van der Waals surface area contributed by atoms with Crippen LogP contribution < -0.4 is 4.90 Å². The Balaban J connectivity index is 1.43. The van der Waals surface area contributed by atoms with Crippen LogP contribution in [0.2, 0.25) is 10.0 Å². The van der Waals surface area contributed by atoms with E-state index >= 15 is 0 Å². The molecule has 2 aromatic rings. The molecule has 0 bridgehead atoms. The minimum absolute atomic E-state index is 0.0543. The summed E-state index contributed by atoms with van der Waals surface area (Å²) in [6, 6.07) is 7.14. The van der Waals surface area contributed by atoms with Crippen LogP contribution in [0.5, 0.6) is 0 Å². The Morgan fingerprint density at radius 3 is 2.56 bits per heavy atom. The minimum Gasteiger partial charge on any atom is -0.352 e. The van der Waals surface area contributed by atoms with E-state index in [4.69, 9.17) is 23.2 Å². The molecule has 4 rings (SSSR count). The number of aromatic nitrogens is 2. The van der Waals surface area contributed by atoms with Crippen molar-refractivity contribution in [3.8, 4) is 0 Å². The number of carbonyl (C=O) groups is 1. The van der Waals surface area contributed by atoms with Gasteiger partial charge in [-0.1, -0.05) is 23.2 Å². The van der Waals surface area contributed by atoms with Gasteiger partial charge in [0.15, 0.2) is 5.82 Å². The molecule has 1 amide bonds. The Morgan fingerprint density at radius 1 is 1.00 bits per heavy atom. The molecule has 1 saturated heterocycles. The van der Waals surface area contributed by atoms with Gasteiger partial charge in [-0.15, -0.1) is 5.10 Å². The van der Waals surface area contributed by atoms with Gasteiger partial charge in [-0.3, -0.25) is 4.79 Å². The zero-order valence-electron chi connectivity index (χ0n) is 13.7. The molecule has 1 aromatic carbocycles. The predicted octanol–water partition coefficient (Wildman–Crippen LogP) is 3.23. The van der Waals surface area contributed by atoms with Crippen LogP contribution in [0.3, 0.4) is 0 Å². The number of hydrogen-bond donors (Lipinski definition) is 0. The van der Waals surface area contributed by atoms with Gasteiger partial charge < -0.3 is 9.80 Å². The summed E-state index contributed by atoms with van der Waals surface area (Å²) in [5.74, 6) is 0.860. The van der Waals surface area contributed by atoms with Gasteiger partial charge in [0.05, 0.1) is 16.3 Å². The molecule has 1 fully saturated rings. The van der Waals surface area contributed by atoms with Crippen LogP contribution in [-0.4, -0.2) is 47.2 Å². The van der Waals surface area contributed by atoms with Crippen molar-refractivity contribution in [3.05, 3.63) is 51.1 Å². The molecule has 2 aliphatic rings. The number of fused-ring (bicyclic) bond motifs is 1. The molecule has 1 aliphatic carbocycles. The van der Waals surface area contributed by atoms with E-state index in [1.807, 2.05) is 4.90 Å². The van der Waals surface area contributed by atoms with E-state index in [0.29, 0.717) is 28.7 Å². The number of piperazine rings is 1. The smallest absolute Gasteiger partial charge is 0.255 e. The van der Waals surface area contributed by atoms with Crippen LogP contribution in [0.1, 0.15) is 28.0 Å². The number of carbonyl (C=O) groups excluding carboxylic acids is 1. The molecule has 0 N–H and O–H groups in total. The van der Waals surface area contributed by atoms with E-state index in [-0.39, 0.29) is 5.91 Å². The van der Waals surface area contributed by atoms with Crippen molar-refractivity contribution in [3.63, 3.8) is 0 Å². The van der Waals surface area contributed by atoms with Crippen molar-refractivity contribution in [1.82, 2.24) is 15.1 Å². The highest BCUT2D eigenvalue weighted by Crippen LogP contribution is 2.25. The number of aryl methyl sites for hydroxylation is 2. The highest BCUT2D eigenvalue weighted by Gasteiger charge is 2.25. The van der Waals surface area contributed by atoms with Crippen LogP contribution in [0.15, 0.2) is 24.3 Å². The van der Waals surface area contributed by atoms with Crippen molar-refractivity contribution >= 4 is 34.9 Å². The standard InChI is InChI=1S/C18H18Cl2N4O/c19-13-4-5-14(15(20)11-13)18(25)24-8-6-23(7-9-24)17-10-12-2-1-3-16(12)21-22-17/h4-5,10-11H,1-3,6-9H2. The molecule has 0 spiro atoms. The maximum absolute atomic E-state index is 12.7. The fourth-order valence-electron chi connectivity index (χ4n) is 3.44. The van der Waals surface area contributed by atoms with Crippen molar-refractivity contribution in [2.45, 2.75) is 19.3 Å². The molecule has 25 heavy (non-hydrogen) atoms. The SMILES string of the molecule is O=C(c1ccc(Cl)cc1Cl)N1CCN(c2cc3c(nn2)CCC3)CC1. The first-order valence-electron chi connectivity index (χ1n) is 8.46. The number of nitrogens with zero attached hydrogens (tertiary/aromatic N) is 4. The fourth-order valence-corrected chi connectivity index (χ4v) is 3.93. The quantitative estimate of drug-likeness (QED) is 0.807. The Kier molecular flexibility index (Phi) is 4.52. The highest BCUT2D eigenvalue weighted by molar-refractivity contribution is 6.36. The van der Waals surface area contributed by atoms with E-state index in [2.05, 4.69) is 21.2 Å². The van der Waals surface area contributed by atoms with Gasteiger partial charge in [0.2, 0.25) is 0 Å². The average Bonchev–Trinajstić information content (AvgIpc) is 3.09. The first-order chi connectivity index (χ1) is 12.1. The van der Waals surface area contributed by atoms with Crippen LogP contribution in [0, 0.1) is 0 Å². The van der Waals surface area contributed by atoms with E-state index in [0.717, 1.165) is 43.9 Å². The second-order valence-electron chi connectivity index (χ2n) is 6.43. The first-order valence-corrected chi connectivity index (χ1v) is 9.22. The lowest BCUT2D eigenvalue weighted by Crippen LogP contribution is -2.49. The summed E-state index contributed by atoms with van der Waals surface area (Å²) >= 11 is 12.1. The van der Waals surface area contributed by atoms with Crippen molar-refractivity contribution in [2.24, 2.45) is 0 Å². The van der Waals surface area contributed by atoms with Crippen molar-refractivity contribution < 1.29 is 4.79 Å². The van der Waals surface area contributed by atoms with Crippen LogP contribution >= 0.6 is 23.2 Å². The zero-order chi connectivity index (χ0) is 17.4. The summed E-state index contributed by atoms with van der Waals surface area (Å²) in [7, 11) is 0. The number of hydrogen-bond acceptors (Lipinski definition) is 4. The van der Waals surface area contributed by atoms with E-state index in [1.54, 1.807) is 18.2 Å². The van der Waals surface area contributed by atoms with Gasteiger partial charge in [0, 0.05) is 31.2 Å². The van der Waals surface area contributed by atoms with Gasteiger partial charge in [-0.05, 0) is 49.1 Å². The summed E-state index contributed by atoms with van der Waals surface area (Å²) in [5.41, 5.74) is 2.95. The lowest BCUT2D eigenvalue weighted by atomic mass is 10.1. The lowest BCUT2D eigenvalue weighted by Gasteiger charge is -2.35. The molecule has 7 heteroatoms. The van der Waals surface area contributed by atoms with Crippen molar-refractivity contribution in [2.75, 3.05) is 31.1 Å². The summed E-state index contributed by atoms with van der Waals surface area (Å²) in [6.45, 7) is 2.75. The van der Waals surface area contributed by atoms with Gasteiger partial charge in [0.1, 0.15) is 0 Å². The second kappa shape index (κ2) is 6.81. The summed E-state index contributed by atoms with van der Waals surface area (Å²) in [4.78, 5) is 16.7. The number of rotatable bonds is 2. The number of amides is 1. The van der Waals surface area contributed by atoms with Crippen molar-refractivity contribution in [1.29, 1.82) is 0 Å². The molecule has 0 saturated carbocycles. The van der Waals surface area contributed by atoms with Gasteiger partial charge in [0.25, 0.3) is 5.91 Å². The third kappa shape index (κ3) is 3.31. The summed E-state index contributed by atoms with van der Waals surface area (Å²) in [6.07, 6.45) is 3.29. The normalized spacial score (nSPS) is 16.9. The van der Waals surface area contributed by atoms with E-state index < -0.39 is 0 Å². The molecule has 5 nitrogen and oxygen atoms in total. The molecule has 0 atom stereocenters. The van der Waals surface area contributed by atoms with Crippen LogP contribution in [0.25, 0.3) is 0 Å². The van der Waals surface area contributed by atoms with Gasteiger partial charge in [-0.2, -0.15) is 5.10 Å². The highest BCUT2D eigenvalue weighted by atomic mass is 35.5. The summed E-state index contributed by atoms with van der Waals surface area (Å²) < 4.78 is 0. The Morgan fingerprint density at radius 2 is 1.80 bits per heavy atom. The van der Waals surface area contributed by atoms with Crippen LogP contribution in [-0.2, 0) is 12.8 Å². The fraction of sp³-hybridized carbons (Fsp3) is 0.389. The Bertz CT molecular complexity index is 819. The molecule has 1 aromatic heterocycles. The molecule has 0 radical (unpaired) electrons. The maximum atomic E-state index is 12.7. The van der Waals surface area contributed by atoms with Gasteiger partial charge >= 0.3 is 0 Å². The summed E-state index contributed by atoms with van der Waals surface area (Å²) in [5, 5.41) is 9.64. The zero-order valence-corrected chi connectivity index (χ0v) is 15.2. The van der Waals surface area contributed by atoms with E-state index in [9.17, 15) is 4.79 Å². The second-order valence-corrected chi connectivity index (χ2v) is 7.28. The predicted molar refractivity (Wildman–Crippen MR) is 98.6 cm³/mol. The molecule has 1 aliphatic heterocycles. The molecular weight excluding hydrogens is 359 g/mol. The minimum atomic E-state index is -0.0543. The molecular formula is C18H18Cl2N4O. The maximum Gasteiger partial charge on any atom is 0.255 e. The van der Waals surface area contributed by atoms with Crippen LogP contribution in [0.4, 0.5) is 5.82 Å². The molecule has 0 unspecified atom stereocenters. The third-order valence-electron chi connectivity index (χ3n) is 4.86. The molecule has 130 valence electrons. The largest absolute Gasteiger partial charge is 0.352 e. The topological polar surface area (TPSA) is 49.3 Å². The lowest BCUT2D eigenvalue weighted by molar-refractivity contribution is 0.0746. The first kappa shape index (κ1) is 16.6. The van der Waals surface area contributed by atoms with E-state index in [1.165, 1.54) is 5.56 Å². The monoisotopic (exact) mass is 376 g/mol. The molecule has 2 heterocycles. The van der Waals surface area contributed by atoms with Gasteiger partial charge in [-0.25, -0.2) is 0 Å². The number of halogens is 2. The average molecular weight is 377 g/mol. The third-order valence-corrected chi connectivity index (χ3v) is 5.41.